The number of aliphatic hydroxyl groups excluding tert-OH is 1. The Hall–Kier alpha value is -4.85. The summed E-state index contributed by atoms with van der Waals surface area (Å²) in [6.45, 7) is 6.15. The van der Waals surface area contributed by atoms with Gasteiger partial charge in [-0.05, 0) is 67.3 Å². The van der Waals surface area contributed by atoms with Gasteiger partial charge in [0.05, 0.1) is 24.5 Å². The third-order valence-electron chi connectivity index (χ3n) is 7.49. The third kappa shape index (κ3) is 7.15. The van der Waals surface area contributed by atoms with Gasteiger partial charge in [0.25, 0.3) is 11.7 Å². The fourth-order valence-corrected chi connectivity index (χ4v) is 5.21. The molecule has 2 heterocycles. The van der Waals surface area contributed by atoms with E-state index in [9.17, 15) is 14.7 Å². The van der Waals surface area contributed by atoms with Crippen molar-refractivity contribution in [3.63, 3.8) is 0 Å². The number of rotatable bonds is 13. The van der Waals surface area contributed by atoms with E-state index in [1.807, 2.05) is 60.2 Å². The van der Waals surface area contributed by atoms with Crippen LogP contribution in [0.15, 0.2) is 97.1 Å². The van der Waals surface area contributed by atoms with E-state index in [1.54, 1.807) is 41.7 Å². The number of hydrogen-bond donors (Lipinski definition) is 1. The second-order valence-electron chi connectivity index (χ2n) is 10.7. The Labute approximate surface area is 252 Å². The molecular formula is C35H37N3O5. The minimum atomic E-state index is -0.732. The number of ether oxygens (including phenoxy) is 2. The number of carbonyl (C=O) groups excluding carboxylic acids is 2. The number of aryl methyl sites for hydroxylation is 2. The van der Waals surface area contributed by atoms with Gasteiger partial charge in [0.2, 0.25) is 0 Å². The van der Waals surface area contributed by atoms with Crippen LogP contribution >= 0.6 is 0 Å². The lowest BCUT2D eigenvalue weighted by Crippen LogP contribution is -2.31. The highest BCUT2D eigenvalue weighted by molar-refractivity contribution is 6.46. The van der Waals surface area contributed by atoms with Gasteiger partial charge in [-0.25, -0.2) is 4.98 Å². The van der Waals surface area contributed by atoms with E-state index in [0.29, 0.717) is 44.0 Å². The SMILES string of the molecule is CCCCOc1ccc(C2C(=C(O)c3ccc(OCc4cccc(C)c4)cc3)C(=O)C(=O)N2CCCn2ccnc2)cc1. The molecule has 1 aromatic heterocycles. The van der Waals surface area contributed by atoms with E-state index in [4.69, 9.17) is 9.47 Å². The first-order valence-corrected chi connectivity index (χ1v) is 14.7. The highest BCUT2D eigenvalue weighted by Crippen LogP contribution is 2.40. The van der Waals surface area contributed by atoms with Crippen molar-refractivity contribution < 1.29 is 24.2 Å². The first kappa shape index (κ1) is 29.6. The van der Waals surface area contributed by atoms with Crippen LogP contribution in [0.25, 0.3) is 5.76 Å². The molecule has 0 radical (unpaired) electrons. The van der Waals surface area contributed by atoms with Crippen molar-refractivity contribution in [3.8, 4) is 11.5 Å². The lowest BCUT2D eigenvalue weighted by atomic mass is 9.95. The van der Waals surface area contributed by atoms with Crippen molar-refractivity contribution in [2.24, 2.45) is 0 Å². The van der Waals surface area contributed by atoms with Gasteiger partial charge in [-0.15, -0.1) is 0 Å². The molecule has 1 aliphatic heterocycles. The van der Waals surface area contributed by atoms with Crippen LogP contribution in [0.4, 0.5) is 0 Å². The van der Waals surface area contributed by atoms with E-state index in [-0.39, 0.29) is 11.3 Å². The molecule has 1 aliphatic rings. The standard InChI is InChI=1S/C35H37N3O5/c1-3-4-21-42-29-13-9-27(10-14-29)32-31(34(40)35(41)38(32)19-6-18-37-20-17-36-24-37)33(39)28-11-15-30(16-12-28)43-23-26-8-5-7-25(2)22-26/h5,7-17,20,22,24,32,39H,3-4,6,18-19,21,23H2,1-2H3. The Bertz CT molecular complexity index is 1560. The maximum absolute atomic E-state index is 13.4. The molecule has 0 spiro atoms. The summed E-state index contributed by atoms with van der Waals surface area (Å²) in [5.41, 5.74) is 3.45. The molecule has 0 bridgehead atoms. The zero-order valence-corrected chi connectivity index (χ0v) is 24.6. The maximum Gasteiger partial charge on any atom is 0.295 e. The molecule has 43 heavy (non-hydrogen) atoms. The average Bonchev–Trinajstić information content (AvgIpc) is 3.63. The van der Waals surface area contributed by atoms with Crippen molar-refractivity contribution in [2.75, 3.05) is 13.2 Å². The minimum absolute atomic E-state index is 0.0701. The summed E-state index contributed by atoms with van der Waals surface area (Å²) in [6.07, 6.45) is 7.88. The number of nitrogens with zero attached hydrogens (tertiary/aromatic N) is 3. The Morgan fingerprint density at radius 2 is 1.67 bits per heavy atom. The van der Waals surface area contributed by atoms with Gasteiger partial charge in [-0.2, -0.15) is 0 Å². The van der Waals surface area contributed by atoms with Crippen LogP contribution < -0.4 is 9.47 Å². The van der Waals surface area contributed by atoms with Crippen molar-refractivity contribution in [3.05, 3.63) is 119 Å². The molecule has 3 aromatic carbocycles. The summed E-state index contributed by atoms with van der Waals surface area (Å²) in [7, 11) is 0. The summed E-state index contributed by atoms with van der Waals surface area (Å²) in [5.74, 6) is -0.190. The molecule has 222 valence electrons. The van der Waals surface area contributed by atoms with Crippen molar-refractivity contribution >= 4 is 17.4 Å². The predicted octanol–water partition coefficient (Wildman–Crippen LogP) is 6.46. The monoisotopic (exact) mass is 579 g/mol. The van der Waals surface area contributed by atoms with Gasteiger partial charge in [0, 0.05) is 31.0 Å². The minimum Gasteiger partial charge on any atom is -0.507 e. The number of ketones is 1. The number of unbranched alkanes of at least 4 members (excludes halogenated alkanes) is 1. The molecule has 8 nitrogen and oxygen atoms in total. The Morgan fingerprint density at radius 3 is 2.37 bits per heavy atom. The summed E-state index contributed by atoms with van der Waals surface area (Å²) in [5, 5.41) is 11.5. The van der Waals surface area contributed by atoms with Gasteiger partial charge in [-0.3, -0.25) is 9.59 Å². The van der Waals surface area contributed by atoms with E-state index >= 15 is 0 Å². The van der Waals surface area contributed by atoms with Crippen molar-refractivity contribution in [1.29, 1.82) is 0 Å². The molecule has 1 fully saturated rings. The third-order valence-corrected chi connectivity index (χ3v) is 7.49. The Morgan fingerprint density at radius 1 is 0.930 bits per heavy atom. The van der Waals surface area contributed by atoms with Gasteiger partial charge in [0.1, 0.15) is 23.9 Å². The molecule has 8 heteroatoms. The average molecular weight is 580 g/mol. The number of aromatic nitrogens is 2. The summed E-state index contributed by atoms with van der Waals surface area (Å²) in [4.78, 5) is 32.4. The van der Waals surface area contributed by atoms with Gasteiger partial charge in [0.15, 0.2) is 0 Å². The first-order valence-electron chi connectivity index (χ1n) is 14.7. The molecule has 1 N–H and O–H groups in total. The predicted molar refractivity (Wildman–Crippen MR) is 165 cm³/mol. The van der Waals surface area contributed by atoms with Crippen molar-refractivity contribution in [1.82, 2.24) is 14.5 Å². The molecule has 1 unspecified atom stereocenters. The lowest BCUT2D eigenvalue weighted by molar-refractivity contribution is -0.139. The molecular weight excluding hydrogens is 542 g/mol. The lowest BCUT2D eigenvalue weighted by Gasteiger charge is -2.25. The van der Waals surface area contributed by atoms with Crippen LogP contribution in [0, 0.1) is 6.92 Å². The van der Waals surface area contributed by atoms with Gasteiger partial charge >= 0.3 is 0 Å². The van der Waals surface area contributed by atoms with Crippen LogP contribution in [-0.4, -0.2) is 44.4 Å². The van der Waals surface area contributed by atoms with E-state index in [1.165, 1.54) is 0 Å². The molecule has 1 amide bonds. The largest absolute Gasteiger partial charge is 0.507 e. The van der Waals surface area contributed by atoms with Crippen LogP contribution in [0.5, 0.6) is 11.5 Å². The molecule has 4 aromatic rings. The number of aliphatic hydroxyl groups is 1. The van der Waals surface area contributed by atoms with E-state index in [0.717, 1.165) is 35.3 Å². The van der Waals surface area contributed by atoms with Crippen molar-refractivity contribution in [2.45, 2.75) is 52.3 Å². The summed E-state index contributed by atoms with van der Waals surface area (Å²) < 4.78 is 13.7. The van der Waals surface area contributed by atoms with Crippen LogP contribution in [0.1, 0.15) is 54.5 Å². The number of imidazole rings is 1. The van der Waals surface area contributed by atoms with Crippen LogP contribution in [-0.2, 0) is 22.7 Å². The topological polar surface area (TPSA) is 93.9 Å². The normalized spacial score (nSPS) is 16.0. The highest BCUT2D eigenvalue weighted by atomic mass is 16.5. The first-order chi connectivity index (χ1) is 20.9. The van der Waals surface area contributed by atoms with E-state index < -0.39 is 17.7 Å². The molecule has 0 saturated carbocycles. The zero-order valence-electron chi connectivity index (χ0n) is 24.6. The maximum atomic E-state index is 13.4. The Kier molecular flexibility index (Phi) is 9.56. The molecule has 1 saturated heterocycles. The quantitative estimate of drug-likeness (QED) is 0.0846. The molecule has 5 rings (SSSR count). The number of Topliss-reactive ketones (excluding diaryl/α,β-unsaturated/α-hetero) is 1. The fourth-order valence-electron chi connectivity index (χ4n) is 5.21. The van der Waals surface area contributed by atoms with E-state index in [2.05, 4.69) is 18.0 Å². The van der Waals surface area contributed by atoms with Gasteiger partial charge in [-0.1, -0.05) is 55.3 Å². The fraction of sp³-hybridized carbons (Fsp3) is 0.286. The number of amides is 1. The smallest absolute Gasteiger partial charge is 0.295 e. The summed E-state index contributed by atoms with van der Waals surface area (Å²) in [6, 6.07) is 21.7. The Balaban J connectivity index is 1.40. The molecule has 1 atom stereocenters. The number of carbonyl (C=O) groups is 2. The van der Waals surface area contributed by atoms with Crippen LogP contribution in [0.3, 0.4) is 0 Å². The number of hydrogen-bond acceptors (Lipinski definition) is 6. The van der Waals surface area contributed by atoms with Crippen LogP contribution in [0.2, 0.25) is 0 Å². The summed E-state index contributed by atoms with van der Waals surface area (Å²) >= 11 is 0. The van der Waals surface area contributed by atoms with Gasteiger partial charge < -0.3 is 24.0 Å². The second-order valence-corrected chi connectivity index (χ2v) is 10.7. The number of benzene rings is 3. The number of likely N-dealkylation sites (tertiary alicyclic amines) is 1. The molecule has 0 aliphatic carbocycles. The highest BCUT2D eigenvalue weighted by Gasteiger charge is 2.45. The second kappa shape index (κ2) is 13.9. The zero-order chi connectivity index (χ0) is 30.2.